The number of aliphatic imine (C=N–C) groups is 1. The van der Waals surface area contributed by atoms with Gasteiger partial charge in [0.05, 0.1) is 6.10 Å². The summed E-state index contributed by atoms with van der Waals surface area (Å²) in [4.78, 5) is 7.07. The van der Waals surface area contributed by atoms with Gasteiger partial charge in [0.2, 0.25) is 0 Å². The van der Waals surface area contributed by atoms with E-state index in [0.717, 1.165) is 71.1 Å². The van der Waals surface area contributed by atoms with Crippen molar-refractivity contribution in [1.82, 2.24) is 15.5 Å². The molecule has 0 spiro atoms. The first kappa shape index (κ1) is 23.9. The third-order valence-electron chi connectivity index (χ3n) is 4.47. The van der Waals surface area contributed by atoms with Gasteiger partial charge in [-0.3, -0.25) is 9.89 Å². The molecule has 1 aromatic rings. The first-order valence-electron chi connectivity index (χ1n) is 9.82. The monoisotopic (exact) mass is 486 g/mol. The summed E-state index contributed by atoms with van der Waals surface area (Å²) in [6.07, 6.45) is 5.44. The number of ether oxygens (including phenoxy) is 1. The Hall–Kier alpha value is -1.12. The maximum atomic E-state index is 6.05. The highest BCUT2D eigenvalue weighted by Gasteiger charge is 2.19. The van der Waals surface area contributed by atoms with Crippen molar-refractivity contribution >= 4 is 29.9 Å². The van der Waals surface area contributed by atoms with E-state index in [-0.39, 0.29) is 24.0 Å². The predicted molar refractivity (Wildman–Crippen MR) is 125 cm³/mol. The van der Waals surface area contributed by atoms with Crippen LogP contribution in [0.2, 0.25) is 0 Å². The number of halogens is 1. The van der Waals surface area contributed by atoms with Crippen LogP contribution in [0.5, 0.6) is 0 Å². The Morgan fingerprint density at radius 1 is 1.26 bits per heavy atom. The first-order valence-corrected chi connectivity index (χ1v) is 9.82. The zero-order valence-electron chi connectivity index (χ0n) is 16.5. The van der Waals surface area contributed by atoms with Crippen molar-refractivity contribution in [3.63, 3.8) is 0 Å². The van der Waals surface area contributed by atoms with Crippen LogP contribution in [0.3, 0.4) is 0 Å². The minimum atomic E-state index is 0. The van der Waals surface area contributed by atoms with Crippen molar-refractivity contribution in [1.29, 1.82) is 0 Å². The highest BCUT2D eigenvalue weighted by Crippen LogP contribution is 2.16. The summed E-state index contributed by atoms with van der Waals surface area (Å²) in [7, 11) is 0. The van der Waals surface area contributed by atoms with Crippen molar-refractivity contribution < 1.29 is 4.74 Å². The van der Waals surface area contributed by atoms with Gasteiger partial charge in [0.25, 0.3) is 0 Å². The van der Waals surface area contributed by atoms with Gasteiger partial charge in [0, 0.05) is 45.9 Å². The highest BCUT2D eigenvalue weighted by molar-refractivity contribution is 14.0. The largest absolute Gasteiger partial charge is 0.378 e. The fourth-order valence-electron chi connectivity index (χ4n) is 3.09. The Balaban J connectivity index is 0.00000364. The van der Waals surface area contributed by atoms with E-state index in [0.29, 0.717) is 6.10 Å². The van der Waals surface area contributed by atoms with Crippen molar-refractivity contribution in [2.24, 2.45) is 4.99 Å². The normalized spacial score (nSPS) is 15.8. The van der Waals surface area contributed by atoms with E-state index in [1.807, 2.05) is 6.08 Å². The molecule has 0 aliphatic carbocycles. The summed E-state index contributed by atoms with van der Waals surface area (Å²) in [5.74, 6) is 0.849. The molecule has 1 fully saturated rings. The summed E-state index contributed by atoms with van der Waals surface area (Å²) in [5.41, 5.74) is 1.39. The molecule has 27 heavy (non-hydrogen) atoms. The molecule has 1 aliphatic rings. The van der Waals surface area contributed by atoms with Crippen LogP contribution in [-0.2, 0) is 11.3 Å². The van der Waals surface area contributed by atoms with Gasteiger partial charge in [-0.2, -0.15) is 0 Å². The number of piperidine rings is 1. The van der Waals surface area contributed by atoms with Gasteiger partial charge in [-0.15, -0.1) is 30.6 Å². The average Bonchev–Trinajstić information content (AvgIpc) is 2.68. The lowest BCUT2D eigenvalue weighted by atomic mass is 10.1. The number of hydrogen-bond acceptors (Lipinski definition) is 3. The maximum absolute atomic E-state index is 6.05. The number of guanidine groups is 1. The molecular formula is C21H35IN4O. The summed E-state index contributed by atoms with van der Waals surface area (Å²) in [6.45, 7) is 12.2. The van der Waals surface area contributed by atoms with Crippen molar-refractivity contribution in [2.45, 2.75) is 38.8 Å². The Labute approximate surface area is 181 Å². The van der Waals surface area contributed by atoms with Gasteiger partial charge >= 0.3 is 0 Å². The number of rotatable bonds is 10. The molecule has 0 amide bonds. The molecule has 0 radical (unpaired) electrons. The van der Waals surface area contributed by atoms with E-state index in [1.54, 1.807) is 0 Å². The van der Waals surface area contributed by atoms with Gasteiger partial charge in [-0.05, 0) is 31.7 Å². The zero-order chi connectivity index (χ0) is 18.5. The molecule has 1 aliphatic heterocycles. The van der Waals surface area contributed by atoms with Crippen LogP contribution in [0.25, 0.3) is 0 Å². The minimum Gasteiger partial charge on any atom is -0.378 e. The maximum Gasteiger partial charge on any atom is 0.191 e. The van der Waals surface area contributed by atoms with E-state index in [4.69, 9.17) is 4.74 Å². The lowest BCUT2D eigenvalue weighted by Crippen LogP contribution is -2.37. The van der Waals surface area contributed by atoms with E-state index in [9.17, 15) is 0 Å². The summed E-state index contributed by atoms with van der Waals surface area (Å²) >= 11 is 0. The molecule has 2 rings (SSSR count). The summed E-state index contributed by atoms with van der Waals surface area (Å²) < 4.78 is 6.05. The fraction of sp³-hybridized carbons (Fsp3) is 0.571. The van der Waals surface area contributed by atoms with E-state index in [1.165, 1.54) is 5.56 Å². The van der Waals surface area contributed by atoms with Crippen LogP contribution in [0.1, 0.15) is 31.7 Å². The molecule has 5 nitrogen and oxygen atoms in total. The quantitative estimate of drug-likeness (QED) is 0.175. The Kier molecular flexibility index (Phi) is 13.2. The number of benzene rings is 1. The molecule has 0 atom stereocenters. The zero-order valence-corrected chi connectivity index (χ0v) is 18.9. The SMILES string of the molecule is C=CCNC(=NCCCOC1CCN(Cc2ccccc2)CC1)NCC.I. The lowest BCUT2D eigenvalue weighted by molar-refractivity contribution is 0.00566. The minimum absolute atomic E-state index is 0. The van der Waals surface area contributed by atoms with Gasteiger partial charge in [0.1, 0.15) is 0 Å². The molecular weight excluding hydrogens is 451 g/mol. The second kappa shape index (κ2) is 14.9. The predicted octanol–water partition coefficient (Wildman–Crippen LogP) is 3.42. The Bertz CT molecular complexity index is 530. The van der Waals surface area contributed by atoms with Crippen LogP contribution in [0.15, 0.2) is 48.0 Å². The standard InChI is InChI=1S/C21H34N4O.HI/c1-3-13-23-21(22-4-2)24-14-8-17-26-20-11-15-25(16-12-20)18-19-9-6-5-7-10-19;/h3,5-7,9-10,20H,1,4,8,11-18H2,2H3,(H2,22,23,24);1H. The summed E-state index contributed by atoms with van der Waals surface area (Å²) in [5, 5.41) is 6.44. The third-order valence-corrected chi connectivity index (χ3v) is 4.47. The number of nitrogens with one attached hydrogen (secondary N) is 2. The molecule has 6 heteroatoms. The molecule has 152 valence electrons. The first-order chi connectivity index (χ1) is 12.8. The number of nitrogens with zero attached hydrogens (tertiary/aromatic N) is 2. The molecule has 1 heterocycles. The van der Waals surface area contributed by atoms with Crippen LogP contribution in [-0.4, -0.2) is 56.3 Å². The van der Waals surface area contributed by atoms with Gasteiger partial charge in [-0.25, -0.2) is 0 Å². The number of likely N-dealkylation sites (tertiary alicyclic amines) is 1. The molecule has 2 N–H and O–H groups in total. The summed E-state index contributed by atoms with van der Waals surface area (Å²) in [6, 6.07) is 10.7. The fourth-order valence-corrected chi connectivity index (χ4v) is 3.09. The molecule has 1 saturated heterocycles. The molecule has 0 unspecified atom stereocenters. The van der Waals surface area contributed by atoms with Crippen LogP contribution < -0.4 is 10.6 Å². The second-order valence-electron chi connectivity index (χ2n) is 6.62. The molecule has 0 aromatic heterocycles. The third kappa shape index (κ3) is 10.1. The van der Waals surface area contributed by atoms with Crippen molar-refractivity contribution in [2.75, 3.05) is 39.3 Å². The molecule has 0 bridgehead atoms. The average molecular weight is 486 g/mol. The van der Waals surface area contributed by atoms with Crippen molar-refractivity contribution in [3.8, 4) is 0 Å². The van der Waals surface area contributed by atoms with Crippen LogP contribution in [0.4, 0.5) is 0 Å². The molecule has 1 aromatic carbocycles. The second-order valence-corrected chi connectivity index (χ2v) is 6.62. The van der Waals surface area contributed by atoms with Crippen LogP contribution in [0, 0.1) is 0 Å². The van der Waals surface area contributed by atoms with Crippen LogP contribution >= 0.6 is 24.0 Å². The molecule has 0 saturated carbocycles. The van der Waals surface area contributed by atoms with Gasteiger partial charge in [0.15, 0.2) is 5.96 Å². The van der Waals surface area contributed by atoms with Gasteiger partial charge in [-0.1, -0.05) is 36.4 Å². The van der Waals surface area contributed by atoms with Gasteiger partial charge < -0.3 is 15.4 Å². The Morgan fingerprint density at radius 2 is 2.00 bits per heavy atom. The number of hydrogen-bond donors (Lipinski definition) is 2. The van der Waals surface area contributed by atoms with E-state index >= 15 is 0 Å². The topological polar surface area (TPSA) is 48.9 Å². The Morgan fingerprint density at radius 3 is 2.67 bits per heavy atom. The van der Waals surface area contributed by atoms with E-state index < -0.39 is 0 Å². The van der Waals surface area contributed by atoms with E-state index in [2.05, 4.69) is 64.4 Å². The lowest BCUT2D eigenvalue weighted by Gasteiger charge is -2.31. The smallest absolute Gasteiger partial charge is 0.191 e. The van der Waals surface area contributed by atoms with Crippen molar-refractivity contribution in [3.05, 3.63) is 48.6 Å². The highest BCUT2D eigenvalue weighted by atomic mass is 127.